The molecule has 0 atom stereocenters. The van der Waals surface area contributed by atoms with E-state index in [2.05, 4.69) is 31.9 Å². The summed E-state index contributed by atoms with van der Waals surface area (Å²) in [4.78, 5) is 6.67. The van der Waals surface area contributed by atoms with Crippen molar-refractivity contribution in [2.75, 3.05) is 26.2 Å². The fraction of sp³-hybridized carbons (Fsp3) is 0.643. The van der Waals surface area contributed by atoms with Gasteiger partial charge in [-0.2, -0.15) is 0 Å². The van der Waals surface area contributed by atoms with Gasteiger partial charge in [0.1, 0.15) is 0 Å². The largest absolute Gasteiger partial charge is 0.378 e. The lowest BCUT2D eigenvalue weighted by Gasteiger charge is -2.31. The Kier molecular flexibility index (Phi) is 6.23. The summed E-state index contributed by atoms with van der Waals surface area (Å²) in [5.74, 6) is 0. The number of nitrogens with zero attached hydrogens (tertiary/aromatic N) is 2. The van der Waals surface area contributed by atoms with Gasteiger partial charge in [-0.25, -0.2) is 0 Å². The molecular weight excluding hydrogens is 306 g/mol. The zero-order chi connectivity index (χ0) is 13.5. The minimum absolute atomic E-state index is 0.420. The van der Waals surface area contributed by atoms with E-state index in [1.807, 2.05) is 12.4 Å². The van der Waals surface area contributed by atoms with Gasteiger partial charge in [-0.3, -0.25) is 9.88 Å². The van der Waals surface area contributed by atoms with Crippen LogP contribution in [-0.2, 0) is 11.3 Å². The molecule has 1 aromatic rings. The van der Waals surface area contributed by atoms with Crippen LogP contribution in [0.1, 0.15) is 24.8 Å². The van der Waals surface area contributed by atoms with Crippen LogP contribution in [-0.4, -0.2) is 42.2 Å². The number of likely N-dealkylation sites (tertiary alicyclic amines) is 1. The quantitative estimate of drug-likeness (QED) is 0.813. The number of hydrogen-bond donors (Lipinski definition) is 1. The third-order valence-corrected chi connectivity index (χ3v) is 3.84. The molecule has 2 rings (SSSR count). The standard InChI is InChI=1S/C14H22BrN3O/c15-13-8-12(9-17-10-13)11-18-5-2-14(3-6-18)19-7-1-4-16/h8-10,14H,1-7,11,16H2. The molecule has 1 saturated heterocycles. The molecule has 4 nitrogen and oxygen atoms in total. The van der Waals surface area contributed by atoms with Crippen LogP contribution in [0.3, 0.4) is 0 Å². The van der Waals surface area contributed by atoms with Gasteiger partial charge in [0.15, 0.2) is 0 Å². The maximum absolute atomic E-state index is 5.81. The molecule has 0 amide bonds. The molecule has 0 unspecified atom stereocenters. The highest BCUT2D eigenvalue weighted by Gasteiger charge is 2.19. The van der Waals surface area contributed by atoms with Gasteiger partial charge in [0.25, 0.3) is 0 Å². The molecule has 1 aliphatic heterocycles. The molecule has 2 heterocycles. The molecule has 106 valence electrons. The van der Waals surface area contributed by atoms with E-state index >= 15 is 0 Å². The zero-order valence-electron chi connectivity index (χ0n) is 11.2. The molecule has 19 heavy (non-hydrogen) atoms. The van der Waals surface area contributed by atoms with Crippen molar-refractivity contribution in [1.82, 2.24) is 9.88 Å². The van der Waals surface area contributed by atoms with Crippen LogP contribution in [0, 0.1) is 0 Å². The van der Waals surface area contributed by atoms with Crippen LogP contribution in [0.4, 0.5) is 0 Å². The number of ether oxygens (including phenoxy) is 1. The lowest BCUT2D eigenvalue weighted by atomic mass is 10.1. The third-order valence-electron chi connectivity index (χ3n) is 3.40. The molecule has 0 saturated carbocycles. The first-order chi connectivity index (χ1) is 9.28. The van der Waals surface area contributed by atoms with Crippen LogP contribution in [0.5, 0.6) is 0 Å². The van der Waals surface area contributed by atoms with Gasteiger partial charge >= 0.3 is 0 Å². The molecule has 0 aromatic carbocycles. The Morgan fingerprint density at radius 2 is 2.16 bits per heavy atom. The zero-order valence-corrected chi connectivity index (χ0v) is 12.8. The van der Waals surface area contributed by atoms with E-state index in [1.165, 1.54) is 5.56 Å². The van der Waals surface area contributed by atoms with Gasteiger partial charge in [0.05, 0.1) is 6.10 Å². The monoisotopic (exact) mass is 327 g/mol. The number of piperidine rings is 1. The fourth-order valence-electron chi connectivity index (χ4n) is 2.37. The SMILES string of the molecule is NCCCOC1CCN(Cc2cncc(Br)c2)CC1. The first kappa shape index (κ1) is 14.9. The third kappa shape index (κ3) is 5.18. The molecule has 0 bridgehead atoms. The van der Waals surface area contributed by atoms with Crippen LogP contribution in [0.15, 0.2) is 22.9 Å². The lowest BCUT2D eigenvalue weighted by Crippen LogP contribution is -2.36. The van der Waals surface area contributed by atoms with Crippen molar-refractivity contribution in [3.05, 3.63) is 28.5 Å². The van der Waals surface area contributed by atoms with Crippen molar-refractivity contribution < 1.29 is 4.74 Å². The van der Waals surface area contributed by atoms with Crippen molar-refractivity contribution in [3.63, 3.8) is 0 Å². The van der Waals surface area contributed by atoms with Crippen molar-refractivity contribution in [2.45, 2.75) is 31.9 Å². The predicted molar refractivity (Wildman–Crippen MR) is 79.9 cm³/mol. The molecule has 0 aliphatic carbocycles. The number of pyridine rings is 1. The molecular formula is C14H22BrN3O. The maximum Gasteiger partial charge on any atom is 0.0599 e. The van der Waals surface area contributed by atoms with Gasteiger partial charge < -0.3 is 10.5 Å². The molecule has 1 fully saturated rings. The van der Waals surface area contributed by atoms with Gasteiger partial charge in [-0.1, -0.05) is 0 Å². The van der Waals surface area contributed by atoms with Gasteiger partial charge in [0, 0.05) is 43.1 Å². The van der Waals surface area contributed by atoms with Crippen molar-refractivity contribution in [1.29, 1.82) is 0 Å². The highest BCUT2D eigenvalue weighted by atomic mass is 79.9. The van der Waals surface area contributed by atoms with Crippen molar-refractivity contribution >= 4 is 15.9 Å². The fourth-order valence-corrected chi connectivity index (χ4v) is 2.78. The summed E-state index contributed by atoms with van der Waals surface area (Å²) in [6, 6.07) is 2.14. The lowest BCUT2D eigenvalue weighted by molar-refractivity contribution is 0.00561. The van der Waals surface area contributed by atoms with Crippen LogP contribution >= 0.6 is 15.9 Å². The summed E-state index contributed by atoms with van der Waals surface area (Å²) in [6.45, 7) is 4.69. The summed E-state index contributed by atoms with van der Waals surface area (Å²) in [6.07, 6.45) is 7.38. The second kappa shape index (κ2) is 7.94. The van der Waals surface area contributed by atoms with E-state index in [9.17, 15) is 0 Å². The Bertz CT molecular complexity index is 381. The first-order valence-electron chi connectivity index (χ1n) is 6.91. The Labute approximate surface area is 123 Å². The smallest absolute Gasteiger partial charge is 0.0599 e. The average molecular weight is 328 g/mol. The molecule has 0 radical (unpaired) electrons. The van der Waals surface area contributed by atoms with Crippen LogP contribution < -0.4 is 5.73 Å². The number of hydrogen-bond acceptors (Lipinski definition) is 4. The van der Waals surface area contributed by atoms with E-state index in [0.29, 0.717) is 12.6 Å². The van der Waals surface area contributed by atoms with E-state index in [0.717, 1.165) is 50.0 Å². The Morgan fingerprint density at radius 3 is 2.84 bits per heavy atom. The Morgan fingerprint density at radius 1 is 1.37 bits per heavy atom. The van der Waals surface area contributed by atoms with Crippen molar-refractivity contribution in [3.8, 4) is 0 Å². The van der Waals surface area contributed by atoms with Gasteiger partial charge in [0.2, 0.25) is 0 Å². The molecule has 5 heteroatoms. The van der Waals surface area contributed by atoms with E-state index in [1.54, 1.807) is 0 Å². The van der Waals surface area contributed by atoms with E-state index in [-0.39, 0.29) is 0 Å². The van der Waals surface area contributed by atoms with Crippen LogP contribution in [0.25, 0.3) is 0 Å². The number of nitrogens with two attached hydrogens (primary N) is 1. The van der Waals surface area contributed by atoms with Crippen LogP contribution in [0.2, 0.25) is 0 Å². The van der Waals surface area contributed by atoms with Crippen molar-refractivity contribution in [2.24, 2.45) is 5.73 Å². The summed E-state index contributed by atoms with van der Waals surface area (Å²) >= 11 is 3.46. The molecule has 0 spiro atoms. The second-order valence-electron chi connectivity index (χ2n) is 5.00. The number of aromatic nitrogens is 1. The minimum atomic E-state index is 0.420. The number of rotatable bonds is 6. The molecule has 1 aliphatic rings. The summed E-state index contributed by atoms with van der Waals surface area (Å²) < 4.78 is 6.86. The summed E-state index contributed by atoms with van der Waals surface area (Å²) in [5, 5.41) is 0. The van der Waals surface area contributed by atoms with E-state index in [4.69, 9.17) is 10.5 Å². The summed E-state index contributed by atoms with van der Waals surface area (Å²) in [5.41, 5.74) is 6.73. The van der Waals surface area contributed by atoms with Gasteiger partial charge in [-0.15, -0.1) is 0 Å². The molecule has 2 N–H and O–H groups in total. The Hall–Kier alpha value is -0.490. The van der Waals surface area contributed by atoms with E-state index < -0.39 is 0 Å². The average Bonchev–Trinajstić information content (AvgIpc) is 2.41. The Balaban J connectivity index is 1.71. The summed E-state index contributed by atoms with van der Waals surface area (Å²) in [7, 11) is 0. The normalized spacial score (nSPS) is 17.8. The topological polar surface area (TPSA) is 51.4 Å². The minimum Gasteiger partial charge on any atom is -0.378 e. The number of halogens is 1. The second-order valence-corrected chi connectivity index (χ2v) is 5.92. The first-order valence-corrected chi connectivity index (χ1v) is 7.70. The predicted octanol–water partition coefficient (Wildman–Crippen LogP) is 2.17. The highest BCUT2D eigenvalue weighted by Crippen LogP contribution is 2.17. The maximum atomic E-state index is 5.81. The van der Waals surface area contributed by atoms with Gasteiger partial charge in [-0.05, 0) is 53.4 Å². The highest BCUT2D eigenvalue weighted by molar-refractivity contribution is 9.10. The molecule has 1 aromatic heterocycles.